The van der Waals surface area contributed by atoms with E-state index < -0.39 is 41.1 Å². The number of hydrogen-bond donors (Lipinski definition) is 3. The lowest BCUT2D eigenvalue weighted by Crippen LogP contribution is -2.55. The van der Waals surface area contributed by atoms with Gasteiger partial charge in [-0.15, -0.1) is 0 Å². The van der Waals surface area contributed by atoms with Crippen LogP contribution in [0, 0.1) is 29.2 Å². The number of fused-ring (bicyclic) bond motifs is 1. The first-order chi connectivity index (χ1) is 38.2. The Morgan fingerprint density at radius 1 is 0.658 bits per heavy atom. The van der Waals surface area contributed by atoms with Gasteiger partial charge < -0.3 is 35.0 Å². The molecule has 5 amide bonds. The molecule has 3 N–H and O–H groups in total. The van der Waals surface area contributed by atoms with Gasteiger partial charge in [0.15, 0.2) is 0 Å². The van der Waals surface area contributed by atoms with Crippen LogP contribution in [0.1, 0.15) is 107 Å². The Hall–Kier alpha value is -7.03. The monoisotopic (exact) mass is 1090 g/mol. The molecule has 1 saturated carbocycles. The molecule has 20 heteroatoms. The van der Waals surface area contributed by atoms with Gasteiger partial charge in [-0.25, -0.2) is 22.7 Å². The van der Waals surface area contributed by atoms with Gasteiger partial charge in [0, 0.05) is 101 Å². The molecular formula is C59H67F4N9O7. The van der Waals surface area contributed by atoms with Crippen molar-refractivity contribution in [2.24, 2.45) is 5.92 Å². The minimum atomic E-state index is -0.812. The molecule has 1 unspecified atom stereocenters. The highest BCUT2D eigenvalue weighted by molar-refractivity contribution is 5.98. The molecule has 79 heavy (non-hydrogen) atoms. The van der Waals surface area contributed by atoms with Crippen LogP contribution >= 0.6 is 0 Å². The van der Waals surface area contributed by atoms with Crippen molar-refractivity contribution in [1.29, 1.82) is 0 Å². The van der Waals surface area contributed by atoms with Crippen LogP contribution < -0.4 is 16.2 Å². The number of piperidine rings is 2. The lowest BCUT2D eigenvalue weighted by molar-refractivity contribution is -0.140. The van der Waals surface area contributed by atoms with E-state index >= 15 is 8.78 Å². The van der Waals surface area contributed by atoms with Crippen molar-refractivity contribution in [2.45, 2.75) is 94.9 Å². The number of aromatic amines is 1. The predicted molar refractivity (Wildman–Crippen MR) is 286 cm³/mol. The molecule has 5 heterocycles. The number of rotatable bonds is 16. The van der Waals surface area contributed by atoms with Crippen molar-refractivity contribution in [1.82, 2.24) is 45.3 Å². The second-order valence-electron chi connectivity index (χ2n) is 21.8. The fraction of sp³-hybridized carbons (Fsp3) is 0.475. The van der Waals surface area contributed by atoms with E-state index in [-0.39, 0.29) is 103 Å². The van der Waals surface area contributed by atoms with Crippen molar-refractivity contribution in [3.05, 3.63) is 146 Å². The molecule has 1 atom stereocenters. The van der Waals surface area contributed by atoms with E-state index in [1.807, 2.05) is 12.1 Å². The summed E-state index contributed by atoms with van der Waals surface area (Å²) in [5.41, 5.74) is 1.71. The van der Waals surface area contributed by atoms with E-state index in [1.54, 1.807) is 43.9 Å². The number of ether oxygens (including phenoxy) is 1. The number of hydrogen-bond acceptors (Lipinski definition) is 10. The van der Waals surface area contributed by atoms with E-state index in [4.69, 9.17) is 4.74 Å². The third kappa shape index (κ3) is 13.2. The standard InChI is InChI=1S/C59H67F4N9O7/c60-42-13-11-40(51(63)31-42)32-64-33-53(73)72-34-41(35-72)39-12-15-49(61)47(30-39)56(75)65-55(38-6-2-1-3-7-38)59(78)70-22-18-44(19-23-70)79-43-16-20-68(21-17-43)36-54(74)69-24-26-71(27-25-69)58(77)48-28-37(10-14-50(48)62)29-52-45-8-4-5-9-46(45)57(76)67-66-52/h4-5,8-15,28,30-31,38,41,43-44,55,64H,1-3,6-7,16-27,29,32-36H2,(H,65,75)(H,67,76). The fourth-order valence-corrected chi connectivity index (χ4v) is 11.9. The maximum absolute atomic E-state index is 15.4. The number of H-pyrrole nitrogens is 1. The second-order valence-corrected chi connectivity index (χ2v) is 21.8. The summed E-state index contributed by atoms with van der Waals surface area (Å²) in [5.74, 6) is -4.42. The Morgan fingerprint density at radius 3 is 2.05 bits per heavy atom. The molecule has 10 rings (SSSR count). The number of halogens is 4. The maximum atomic E-state index is 15.4. The molecule has 0 spiro atoms. The van der Waals surface area contributed by atoms with Crippen molar-refractivity contribution in [2.75, 3.05) is 78.5 Å². The van der Waals surface area contributed by atoms with E-state index in [1.165, 1.54) is 30.3 Å². The molecule has 1 aliphatic carbocycles. The Kier molecular flexibility index (Phi) is 17.5. The molecule has 0 bridgehead atoms. The number of likely N-dealkylation sites (tertiary alicyclic amines) is 3. The molecular weight excluding hydrogens is 1020 g/mol. The summed E-state index contributed by atoms with van der Waals surface area (Å²) in [5, 5.41) is 13.8. The van der Waals surface area contributed by atoms with Crippen molar-refractivity contribution in [3.63, 3.8) is 0 Å². The maximum Gasteiger partial charge on any atom is 0.272 e. The van der Waals surface area contributed by atoms with Crippen LogP contribution in [0.15, 0.2) is 83.7 Å². The molecule has 5 fully saturated rings. The van der Waals surface area contributed by atoms with Gasteiger partial charge in [0.05, 0.1) is 47.5 Å². The molecule has 4 aromatic carbocycles. The van der Waals surface area contributed by atoms with Crippen LogP contribution in [0.2, 0.25) is 0 Å². The zero-order valence-electron chi connectivity index (χ0n) is 44.2. The minimum absolute atomic E-state index is 0.00555. The number of nitrogens with one attached hydrogen (secondary N) is 3. The molecule has 4 aliphatic heterocycles. The van der Waals surface area contributed by atoms with Gasteiger partial charge >= 0.3 is 0 Å². The largest absolute Gasteiger partial charge is 0.375 e. The molecule has 0 radical (unpaired) electrons. The number of benzene rings is 4. The van der Waals surface area contributed by atoms with E-state index in [0.717, 1.165) is 57.1 Å². The SMILES string of the molecule is O=C(NC(C(=O)N1CCC(OC2CCN(CC(=O)N3CCN(C(=O)c4cc(Cc5n[nH]c(=O)c6ccccc56)ccc4F)CC3)CC2)CC1)C1CCCCC1)c1cc(C2CN(C(=O)CNCc3ccc(F)cc3F)C2)ccc1F. The quantitative estimate of drug-likeness (QED) is 0.101. The number of carbonyl (C=O) groups excluding carboxylic acids is 5. The molecule has 5 aromatic rings. The third-order valence-corrected chi connectivity index (χ3v) is 16.6. The van der Waals surface area contributed by atoms with E-state index in [2.05, 4.69) is 25.7 Å². The summed E-state index contributed by atoms with van der Waals surface area (Å²) in [4.78, 5) is 89.4. The topological polar surface area (TPSA) is 181 Å². The van der Waals surface area contributed by atoms with Gasteiger partial charge in [-0.2, -0.15) is 5.10 Å². The van der Waals surface area contributed by atoms with Gasteiger partial charge in [-0.1, -0.05) is 55.7 Å². The van der Waals surface area contributed by atoms with Crippen molar-refractivity contribution < 1.29 is 46.3 Å². The highest BCUT2D eigenvalue weighted by Gasteiger charge is 2.38. The summed E-state index contributed by atoms with van der Waals surface area (Å²) >= 11 is 0. The predicted octanol–water partition coefficient (Wildman–Crippen LogP) is 5.92. The molecule has 418 valence electrons. The van der Waals surface area contributed by atoms with Gasteiger partial charge in [0.25, 0.3) is 17.4 Å². The van der Waals surface area contributed by atoms with Crippen LogP contribution in [0.4, 0.5) is 17.6 Å². The average molecular weight is 1090 g/mol. The molecule has 4 saturated heterocycles. The zero-order valence-corrected chi connectivity index (χ0v) is 44.2. The smallest absolute Gasteiger partial charge is 0.272 e. The number of nitrogens with zero attached hydrogens (tertiary/aromatic N) is 6. The van der Waals surface area contributed by atoms with E-state index in [0.29, 0.717) is 92.8 Å². The first kappa shape index (κ1) is 55.3. The van der Waals surface area contributed by atoms with Gasteiger partial charge in [-0.05, 0) is 92.0 Å². The average Bonchev–Trinajstić information content (AvgIpc) is 3.46. The highest BCUT2D eigenvalue weighted by atomic mass is 19.1. The van der Waals surface area contributed by atoms with Crippen LogP contribution in [-0.4, -0.2) is 161 Å². The van der Waals surface area contributed by atoms with Crippen LogP contribution in [0.5, 0.6) is 0 Å². The summed E-state index contributed by atoms with van der Waals surface area (Å²) in [6.07, 6.45) is 7.48. The molecule has 16 nitrogen and oxygen atoms in total. The second kappa shape index (κ2) is 25.0. The number of amides is 5. The highest BCUT2D eigenvalue weighted by Crippen LogP contribution is 2.32. The summed E-state index contributed by atoms with van der Waals surface area (Å²) < 4.78 is 64.4. The van der Waals surface area contributed by atoms with Crippen LogP contribution in [0.25, 0.3) is 10.8 Å². The lowest BCUT2D eigenvalue weighted by Gasteiger charge is -2.40. The van der Waals surface area contributed by atoms with Gasteiger partial charge in [0.2, 0.25) is 17.7 Å². The van der Waals surface area contributed by atoms with Gasteiger partial charge in [-0.3, -0.25) is 33.7 Å². The third-order valence-electron chi connectivity index (χ3n) is 16.6. The van der Waals surface area contributed by atoms with E-state index in [9.17, 15) is 37.5 Å². The van der Waals surface area contributed by atoms with Crippen LogP contribution in [-0.2, 0) is 32.1 Å². The lowest BCUT2D eigenvalue weighted by atomic mass is 9.83. The summed E-state index contributed by atoms with van der Waals surface area (Å²) in [6, 6.07) is 18.4. The van der Waals surface area contributed by atoms with Crippen LogP contribution in [0.3, 0.4) is 0 Å². The Bertz CT molecular complexity index is 3110. The molecule has 5 aliphatic rings. The summed E-state index contributed by atoms with van der Waals surface area (Å²) in [7, 11) is 0. The summed E-state index contributed by atoms with van der Waals surface area (Å²) in [6.45, 7) is 4.47. The fourth-order valence-electron chi connectivity index (χ4n) is 11.9. The minimum Gasteiger partial charge on any atom is -0.375 e. The number of aromatic nitrogens is 2. The van der Waals surface area contributed by atoms with Crippen molar-refractivity contribution in [3.8, 4) is 0 Å². The Morgan fingerprint density at radius 2 is 1.33 bits per heavy atom. The number of carbonyl (C=O) groups is 5. The van der Waals surface area contributed by atoms with Crippen molar-refractivity contribution >= 4 is 40.3 Å². The van der Waals surface area contributed by atoms with Gasteiger partial charge in [0.1, 0.15) is 29.3 Å². The zero-order chi connectivity index (χ0) is 55.2. The molecule has 1 aromatic heterocycles. The number of piperazine rings is 1. The first-order valence-electron chi connectivity index (χ1n) is 27.8. The normalized spacial score (nSPS) is 18.6. The first-order valence-corrected chi connectivity index (χ1v) is 27.8. The Balaban J connectivity index is 0.648. The Labute approximate surface area is 455 Å².